The average Bonchev–Trinajstić information content (AvgIpc) is 2.68. The van der Waals surface area contributed by atoms with Crippen molar-refractivity contribution in [3.63, 3.8) is 0 Å². The molecule has 25 heavy (non-hydrogen) atoms. The lowest BCUT2D eigenvalue weighted by Crippen LogP contribution is -2.27. The highest BCUT2D eigenvalue weighted by atomic mass is 16.5. The lowest BCUT2D eigenvalue weighted by molar-refractivity contribution is 0.0934. The van der Waals surface area contributed by atoms with E-state index < -0.39 is 0 Å². The predicted octanol–water partition coefficient (Wildman–Crippen LogP) is 3.55. The summed E-state index contributed by atoms with van der Waals surface area (Å²) in [4.78, 5) is 20.5. The number of hydrogen-bond donors (Lipinski definition) is 1. The van der Waals surface area contributed by atoms with Gasteiger partial charge in [-0.05, 0) is 48.9 Å². The summed E-state index contributed by atoms with van der Waals surface area (Å²) in [5.41, 5.74) is 2.23. The van der Waals surface area contributed by atoms with Gasteiger partial charge < -0.3 is 10.1 Å². The Bertz CT molecular complexity index is 823. The van der Waals surface area contributed by atoms with Crippen LogP contribution in [0.15, 0.2) is 73.1 Å². The molecule has 0 fully saturated rings. The third kappa shape index (κ3) is 4.64. The van der Waals surface area contributed by atoms with Crippen molar-refractivity contribution in [3.8, 4) is 5.75 Å². The highest BCUT2D eigenvalue weighted by molar-refractivity contribution is 5.92. The third-order valence-electron chi connectivity index (χ3n) is 3.72. The number of pyridine rings is 2. The van der Waals surface area contributed by atoms with Crippen LogP contribution >= 0.6 is 0 Å². The van der Waals surface area contributed by atoms with E-state index in [0.717, 1.165) is 17.0 Å². The fourth-order valence-electron chi connectivity index (χ4n) is 2.37. The molecule has 1 aromatic carbocycles. The summed E-state index contributed by atoms with van der Waals surface area (Å²) in [5.74, 6) is 0.537. The lowest BCUT2D eigenvalue weighted by Gasteiger charge is -2.15. The maximum Gasteiger partial charge on any atom is 0.270 e. The molecule has 1 N–H and O–H groups in total. The van der Waals surface area contributed by atoms with E-state index in [-0.39, 0.29) is 11.9 Å². The molecule has 3 aromatic rings. The number of ether oxygens (including phenoxy) is 1. The molecule has 2 aromatic heterocycles. The van der Waals surface area contributed by atoms with Crippen LogP contribution in [0.4, 0.5) is 0 Å². The Morgan fingerprint density at radius 1 is 1.04 bits per heavy atom. The quantitative estimate of drug-likeness (QED) is 0.749. The van der Waals surface area contributed by atoms with Crippen molar-refractivity contribution < 1.29 is 9.53 Å². The van der Waals surface area contributed by atoms with Crippen LogP contribution in [0, 0.1) is 0 Å². The topological polar surface area (TPSA) is 64.1 Å². The molecule has 0 radical (unpaired) electrons. The Labute approximate surface area is 146 Å². The molecule has 0 bridgehead atoms. The fourth-order valence-corrected chi connectivity index (χ4v) is 2.37. The highest BCUT2D eigenvalue weighted by Crippen LogP contribution is 2.20. The maximum absolute atomic E-state index is 12.2. The van der Waals surface area contributed by atoms with E-state index in [1.807, 2.05) is 49.4 Å². The molecule has 5 nitrogen and oxygen atoms in total. The summed E-state index contributed by atoms with van der Waals surface area (Å²) in [6.45, 7) is 2.33. The van der Waals surface area contributed by atoms with Crippen LogP contribution in [-0.4, -0.2) is 15.9 Å². The number of nitrogens with one attached hydrogen (secondary N) is 1. The molecule has 1 atom stereocenters. The van der Waals surface area contributed by atoms with Crippen LogP contribution in [0.25, 0.3) is 0 Å². The Hall–Kier alpha value is -3.21. The van der Waals surface area contributed by atoms with Gasteiger partial charge in [-0.1, -0.05) is 24.3 Å². The highest BCUT2D eigenvalue weighted by Gasteiger charge is 2.12. The molecule has 5 heteroatoms. The van der Waals surface area contributed by atoms with E-state index in [0.29, 0.717) is 12.3 Å². The maximum atomic E-state index is 12.2. The normalized spacial score (nSPS) is 11.6. The zero-order valence-electron chi connectivity index (χ0n) is 13.9. The minimum Gasteiger partial charge on any atom is -0.487 e. The molecule has 0 spiro atoms. The van der Waals surface area contributed by atoms with Crippen LogP contribution in [-0.2, 0) is 6.61 Å². The second-order valence-electron chi connectivity index (χ2n) is 5.59. The number of carbonyl (C=O) groups excluding carboxylic acids is 1. The van der Waals surface area contributed by atoms with Crippen molar-refractivity contribution in [2.24, 2.45) is 0 Å². The molecule has 0 aliphatic heterocycles. The van der Waals surface area contributed by atoms with Gasteiger partial charge in [0.2, 0.25) is 0 Å². The van der Waals surface area contributed by atoms with Crippen molar-refractivity contribution in [2.75, 3.05) is 0 Å². The van der Waals surface area contributed by atoms with E-state index in [2.05, 4.69) is 15.3 Å². The van der Waals surface area contributed by atoms with Gasteiger partial charge in [0.15, 0.2) is 0 Å². The molecular weight excluding hydrogens is 314 g/mol. The van der Waals surface area contributed by atoms with Gasteiger partial charge in [0.05, 0.1) is 11.7 Å². The molecular formula is C20H19N3O2. The number of aromatic nitrogens is 2. The van der Waals surface area contributed by atoms with E-state index >= 15 is 0 Å². The number of carbonyl (C=O) groups is 1. The van der Waals surface area contributed by atoms with Gasteiger partial charge >= 0.3 is 0 Å². The number of amides is 1. The van der Waals surface area contributed by atoms with Crippen molar-refractivity contribution in [1.29, 1.82) is 0 Å². The fraction of sp³-hybridized carbons (Fsp3) is 0.150. The summed E-state index contributed by atoms with van der Waals surface area (Å²) in [5, 5.41) is 2.94. The van der Waals surface area contributed by atoms with Crippen molar-refractivity contribution in [3.05, 3.63) is 90.0 Å². The van der Waals surface area contributed by atoms with Gasteiger partial charge in [0, 0.05) is 12.4 Å². The van der Waals surface area contributed by atoms with E-state index in [1.165, 1.54) is 0 Å². The number of nitrogens with zero attached hydrogens (tertiary/aromatic N) is 2. The molecule has 0 aliphatic rings. The van der Waals surface area contributed by atoms with Gasteiger partial charge in [-0.3, -0.25) is 14.8 Å². The first kappa shape index (κ1) is 16.6. The summed E-state index contributed by atoms with van der Waals surface area (Å²) in [6.07, 6.45) is 3.34. The van der Waals surface area contributed by atoms with Crippen LogP contribution in [0.2, 0.25) is 0 Å². The van der Waals surface area contributed by atoms with E-state index in [4.69, 9.17) is 4.74 Å². The monoisotopic (exact) mass is 333 g/mol. The molecule has 0 saturated carbocycles. The smallest absolute Gasteiger partial charge is 0.270 e. The standard InChI is InChI=1S/C20H19N3O2/c1-15(23-20(24)19-10-3-5-12-22-19)16-7-6-9-18(13-16)25-14-17-8-2-4-11-21-17/h2-13,15H,14H2,1H3,(H,23,24)/t15-/m0/s1. The molecule has 3 rings (SSSR count). The summed E-state index contributed by atoms with van der Waals surface area (Å²) in [6, 6.07) is 18.5. The Kier molecular flexibility index (Phi) is 5.36. The minimum absolute atomic E-state index is 0.159. The van der Waals surface area contributed by atoms with Gasteiger partial charge in [-0.2, -0.15) is 0 Å². The minimum atomic E-state index is -0.201. The summed E-state index contributed by atoms with van der Waals surface area (Å²) < 4.78 is 5.78. The first-order valence-electron chi connectivity index (χ1n) is 8.07. The third-order valence-corrected chi connectivity index (χ3v) is 3.72. The van der Waals surface area contributed by atoms with Crippen LogP contribution in [0.1, 0.15) is 34.7 Å². The molecule has 0 aliphatic carbocycles. The molecule has 126 valence electrons. The van der Waals surface area contributed by atoms with E-state index in [9.17, 15) is 4.79 Å². The SMILES string of the molecule is C[C@H](NC(=O)c1ccccn1)c1cccc(OCc2ccccn2)c1. The first-order valence-corrected chi connectivity index (χ1v) is 8.07. The Balaban J connectivity index is 1.63. The second-order valence-corrected chi connectivity index (χ2v) is 5.59. The van der Waals surface area contributed by atoms with Crippen molar-refractivity contribution in [1.82, 2.24) is 15.3 Å². The number of hydrogen-bond acceptors (Lipinski definition) is 4. The van der Waals surface area contributed by atoms with Crippen LogP contribution in [0.5, 0.6) is 5.75 Å². The molecule has 0 unspecified atom stereocenters. The largest absolute Gasteiger partial charge is 0.487 e. The van der Waals surface area contributed by atoms with Gasteiger partial charge in [-0.25, -0.2) is 0 Å². The van der Waals surface area contributed by atoms with Crippen LogP contribution < -0.4 is 10.1 Å². The summed E-state index contributed by atoms with van der Waals surface area (Å²) in [7, 11) is 0. The average molecular weight is 333 g/mol. The Morgan fingerprint density at radius 2 is 1.84 bits per heavy atom. The van der Waals surface area contributed by atoms with Crippen LogP contribution in [0.3, 0.4) is 0 Å². The van der Waals surface area contributed by atoms with Gasteiger partial charge in [0.1, 0.15) is 18.1 Å². The molecule has 1 amide bonds. The zero-order chi connectivity index (χ0) is 17.5. The second kappa shape index (κ2) is 8.06. The number of rotatable bonds is 6. The molecule has 0 saturated heterocycles. The number of benzene rings is 1. The van der Waals surface area contributed by atoms with Gasteiger partial charge in [0.25, 0.3) is 5.91 Å². The first-order chi connectivity index (χ1) is 12.2. The van der Waals surface area contributed by atoms with Crippen molar-refractivity contribution in [2.45, 2.75) is 19.6 Å². The zero-order valence-corrected chi connectivity index (χ0v) is 13.9. The van der Waals surface area contributed by atoms with E-state index in [1.54, 1.807) is 30.6 Å². The van der Waals surface area contributed by atoms with Gasteiger partial charge in [-0.15, -0.1) is 0 Å². The molecule has 2 heterocycles. The summed E-state index contributed by atoms with van der Waals surface area (Å²) >= 11 is 0. The lowest BCUT2D eigenvalue weighted by atomic mass is 10.1. The van der Waals surface area contributed by atoms with Crippen molar-refractivity contribution >= 4 is 5.91 Å². The predicted molar refractivity (Wildman–Crippen MR) is 95.1 cm³/mol. The Morgan fingerprint density at radius 3 is 2.56 bits per heavy atom.